The molecule has 1 aliphatic carbocycles. The van der Waals surface area contributed by atoms with Crippen molar-refractivity contribution in [2.24, 2.45) is 0 Å². The average molecular weight is 207 g/mol. The van der Waals surface area contributed by atoms with Crippen molar-refractivity contribution in [3.63, 3.8) is 0 Å². The molecule has 2 rings (SSSR count). The maximum absolute atomic E-state index is 10.8. The van der Waals surface area contributed by atoms with Crippen molar-refractivity contribution < 1.29 is 4.92 Å². The molecule has 5 heteroatoms. The number of hydrogen-bond acceptors (Lipinski definition) is 4. The molecule has 1 heterocycles. The molecule has 0 aliphatic heterocycles. The van der Waals surface area contributed by atoms with Gasteiger partial charge in [-0.3, -0.25) is 10.1 Å². The maximum atomic E-state index is 10.8. The molecule has 80 valence electrons. The van der Waals surface area contributed by atoms with Gasteiger partial charge in [-0.15, -0.1) is 0 Å². The Morgan fingerprint density at radius 2 is 2.27 bits per heavy atom. The topological polar surface area (TPSA) is 68.1 Å². The lowest BCUT2D eigenvalue weighted by Crippen LogP contribution is -2.18. The van der Waals surface area contributed by atoms with Gasteiger partial charge < -0.3 is 5.32 Å². The van der Waals surface area contributed by atoms with Gasteiger partial charge in [0.05, 0.1) is 4.92 Å². The molecule has 0 aromatic carbocycles. The molecule has 0 amide bonds. The molecule has 0 spiro atoms. The van der Waals surface area contributed by atoms with E-state index in [4.69, 9.17) is 0 Å². The van der Waals surface area contributed by atoms with E-state index in [-0.39, 0.29) is 11.2 Å². The van der Waals surface area contributed by atoms with E-state index in [0.717, 1.165) is 18.4 Å². The van der Waals surface area contributed by atoms with Crippen LogP contribution in [0.15, 0.2) is 12.3 Å². The third kappa shape index (κ3) is 2.06. The smallest absolute Gasteiger partial charge is 0.311 e. The van der Waals surface area contributed by atoms with Crippen molar-refractivity contribution in [3.8, 4) is 0 Å². The van der Waals surface area contributed by atoms with Crippen molar-refractivity contribution in [2.45, 2.75) is 32.2 Å². The number of aromatic nitrogens is 1. The monoisotopic (exact) mass is 207 g/mol. The van der Waals surface area contributed by atoms with Gasteiger partial charge in [-0.05, 0) is 32.3 Å². The summed E-state index contributed by atoms with van der Waals surface area (Å²) < 4.78 is 0. The SMILES string of the molecule is Cc1cnc(NC2(C)CC2)c([N+](=O)[O-])c1. The fourth-order valence-electron chi connectivity index (χ4n) is 1.39. The van der Waals surface area contributed by atoms with Crippen LogP contribution in [0.5, 0.6) is 0 Å². The zero-order chi connectivity index (χ0) is 11.1. The summed E-state index contributed by atoms with van der Waals surface area (Å²) in [5.41, 5.74) is 0.865. The van der Waals surface area contributed by atoms with Crippen molar-refractivity contribution in [3.05, 3.63) is 27.9 Å². The van der Waals surface area contributed by atoms with E-state index in [1.165, 1.54) is 0 Å². The molecular weight excluding hydrogens is 194 g/mol. The highest BCUT2D eigenvalue weighted by Crippen LogP contribution is 2.39. The predicted octanol–water partition coefficient (Wildman–Crippen LogP) is 2.26. The Bertz CT molecular complexity index is 413. The van der Waals surface area contributed by atoms with Crippen LogP contribution in [0.4, 0.5) is 11.5 Å². The molecule has 5 nitrogen and oxygen atoms in total. The quantitative estimate of drug-likeness (QED) is 0.609. The molecule has 1 saturated carbocycles. The van der Waals surface area contributed by atoms with Gasteiger partial charge in [0, 0.05) is 17.8 Å². The molecule has 0 atom stereocenters. The summed E-state index contributed by atoms with van der Waals surface area (Å²) in [6, 6.07) is 1.54. The zero-order valence-corrected chi connectivity index (χ0v) is 8.78. The summed E-state index contributed by atoms with van der Waals surface area (Å²) >= 11 is 0. The normalized spacial score (nSPS) is 17.2. The number of aryl methyl sites for hydroxylation is 1. The summed E-state index contributed by atoms with van der Waals surface area (Å²) in [5, 5.41) is 13.9. The van der Waals surface area contributed by atoms with E-state index >= 15 is 0 Å². The summed E-state index contributed by atoms with van der Waals surface area (Å²) in [7, 11) is 0. The molecule has 1 N–H and O–H groups in total. The molecule has 0 saturated heterocycles. The first kappa shape index (κ1) is 9.89. The first-order chi connectivity index (χ1) is 7.00. The number of anilines is 1. The molecule has 1 fully saturated rings. The molecule has 0 unspecified atom stereocenters. The van der Waals surface area contributed by atoms with E-state index < -0.39 is 4.92 Å². The van der Waals surface area contributed by atoms with Gasteiger partial charge in [0.15, 0.2) is 0 Å². The van der Waals surface area contributed by atoms with E-state index in [1.807, 2.05) is 6.92 Å². The van der Waals surface area contributed by atoms with E-state index in [1.54, 1.807) is 19.2 Å². The van der Waals surface area contributed by atoms with Gasteiger partial charge >= 0.3 is 5.69 Å². The Kier molecular flexibility index (Phi) is 2.10. The Labute approximate surface area is 87.7 Å². The standard InChI is InChI=1S/C10H13N3O2/c1-7-5-8(13(14)15)9(11-6-7)12-10(2)3-4-10/h5-6H,3-4H2,1-2H3,(H,11,12). The largest absolute Gasteiger partial charge is 0.359 e. The lowest BCUT2D eigenvalue weighted by Gasteiger charge is -2.12. The lowest BCUT2D eigenvalue weighted by molar-refractivity contribution is -0.384. The van der Waals surface area contributed by atoms with Crippen LogP contribution in [0, 0.1) is 17.0 Å². The van der Waals surface area contributed by atoms with E-state index in [2.05, 4.69) is 10.3 Å². The Morgan fingerprint density at radius 1 is 1.60 bits per heavy atom. The van der Waals surface area contributed by atoms with Crippen molar-refractivity contribution in [1.29, 1.82) is 0 Å². The first-order valence-corrected chi connectivity index (χ1v) is 4.89. The summed E-state index contributed by atoms with van der Waals surface area (Å²) in [5.74, 6) is 0.380. The van der Waals surface area contributed by atoms with Crippen LogP contribution in [-0.2, 0) is 0 Å². The number of nitrogens with one attached hydrogen (secondary N) is 1. The second-order valence-corrected chi connectivity index (χ2v) is 4.32. The van der Waals surface area contributed by atoms with Gasteiger partial charge in [0.1, 0.15) is 0 Å². The molecule has 0 bridgehead atoms. The molecule has 0 radical (unpaired) electrons. The van der Waals surface area contributed by atoms with Gasteiger partial charge in [0.2, 0.25) is 5.82 Å². The Morgan fingerprint density at radius 3 is 2.80 bits per heavy atom. The summed E-state index contributed by atoms with van der Waals surface area (Å²) in [4.78, 5) is 14.5. The highest BCUT2D eigenvalue weighted by atomic mass is 16.6. The van der Waals surface area contributed by atoms with Crippen LogP contribution >= 0.6 is 0 Å². The fraction of sp³-hybridized carbons (Fsp3) is 0.500. The van der Waals surface area contributed by atoms with Crippen LogP contribution in [0.25, 0.3) is 0 Å². The minimum absolute atomic E-state index is 0.00696. The molecule has 15 heavy (non-hydrogen) atoms. The number of nitrogens with zero attached hydrogens (tertiary/aromatic N) is 2. The third-order valence-electron chi connectivity index (χ3n) is 2.62. The first-order valence-electron chi connectivity index (χ1n) is 4.89. The third-order valence-corrected chi connectivity index (χ3v) is 2.62. The van der Waals surface area contributed by atoms with Crippen molar-refractivity contribution in [2.75, 3.05) is 5.32 Å². The number of nitro groups is 1. The molecule has 1 aromatic heterocycles. The van der Waals surface area contributed by atoms with Crippen LogP contribution in [-0.4, -0.2) is 15.4 Å². The van der Waals surface area contributed by atoms with Crippen LogP contribution < -0.4 is 5.32 Å². The van der Waals surface area contributed by atoms with Gasteiger partial charge in [0.25, 0.3) is 0 Å². The second kappa shape index (κ2) is 3.18. The van der Waals surface area contributed by atoms with E-state index in [0.29, 0.717) is 5.82 Å². The summed E-state index contributed by atoms with van der Waals surface area (Å²) in [6.07, 6.45) is 3.72. The van der Waals surface area contributed by atoms with Crippen LogP contribution in [0.2, 0.25) is 0 Å². The second-order valence-electron chi connectivity index (χ2n) is 4.32. The van der Waals surface area contributed by atoms with Gasteiger partial charge in [-0.2, -0.15) is 0 Å². The number of hydrogen-bond donors (Lipinski definition) is 1. The summed E-state index contributed by atoms with van der Waals surface area (Å²) in [6.45, 7) is 3.83. The van der Waals surface area contributed by atoms with Crippen LogP contribution in [0.3, 0.4) is 0 Å². The predicted molar refractivity (Wildman–Crippen MR) is 56.9 cm³/mol. The lowest BCUT2D eigenvalue weighted by atomic mass is 10.2. The minimum atomic E-state index is -0.395. The molecule has 1 aromatic rings. The van der Waals surface area contributed by atoms with Crippen molar-refractivity contribution in [1.82, 2.24) is 4.98 Å². The van der Waals surface area contributed by atoms with Crippen molar-refractivity contribution >= 4 is 11.5 Å². The highest BCUT2D eigenvalue weighted by Gasteiger charge is 2.39. The van der Waals surface area contributed by atoms with E-state index in [9.17, 15) is 10.1 Å². The minimum Gasteiger partial charge on any atom is -0.359 e. The zero-order valence-electron chi connectivity index (χ0n) is 8.78. The Hall–Kier alpha value is -1.65. The van der Waals surface area contributed by atoms with Crippen LogP contribution in [0.1, 0.15) is 25.3 Å². The number of pyridine rings is 1. The van der Waals surface area contributed by atoms with Gasteiger partial charge in [-0.25, -0.2) is 4.98 Å². The fourth-order valence-corrected chi connectivity index (χ4v) is 1.39. The number of rotatable bonds is 3. The molecular formula is C10H13N3O2. The highest BCUT2D eigenvalue weighted by molar-refractivity contribution is 5.58. The molecule has 1 aliphatic rings. The maximum Gasteiger partial charge on any atom is 0.311 e. The average Bonchev–Trinajstić information content (AvgIpc) is 2.87. The Balaban J connectivity index is 2.32. The van der Waals surface area contributed by atoms with Gasteiger partial charge in [-0.1, -0.05) is 0 Å².